The fraction of sp³-hybridized carbons (Fsp3) is 0.333. The number of nitrogens with one attached hydrogen (secondary N) is 1. The standard InChI is InChI=1S/C18H22BrNS/c1-4-20-17(15-10-13(2)9-14(3)11-15)12-21-18-8-6-5-7-16(18)19/h5-11,17,20H,4,12H2,1-3H3. The van der Waals surface area contributed by atoms with E-state index in [1.54, 1.807) is 0 Å². The van der Waals surface area contributed by atoms with Gasteiger partial charge in [0.05, 0.1) is 0 Å². The first kappa shape index (κ1) is 16.6. The van der Waals surface area contributed by atoms with Gasteiger partial charge in [-0.25, -0.2) is 0 Å². The molecule has 1 nitrogen and oxygen atoms in total. The van der Waals surface area contributed by atoms with Gasteiger partial charge in [-0.2, -0.15) is 0 Å². The summed E-state index contributed by atoms with van der Waals surface area (Å²) >= 11 is 5.52. The van der Waals surface area contributed by atoms with Crippen LogP contribution in [0.15, 0.2) is 51.8 Å². The monoisotopic (exact) mass is 363 g/mol. The normalized spacial score (nSPS) is 12.4. The lowest BCUT2D eigenvalue weighted by Gasteiger charge is -2.19. The van der Waals surface area contributed by atoms with Gasteiger partial charge >= 0.3 is 0 Å². The van der Waals surface area contributed by atoms with Crippen molar-refractivity contribution in [3.05, 3.63) is 63.6 Å². The maximum Gasteiger partial charge on any atom is 0.0415 e. The average molecular weight is 364 g/mol. The highest BCUT2D eigenvalue weighted by Crippen LogP contribution is 2.30. The molecule has 2 aromatic carbocycles. The van der Waals surface area contributed by atoms with Crippen molar-refractivity contribution >= 4 is 27.7 Å². The van der Waals surface area contributed by atoms with Crippen LogP contribution in [-0.2, 0) is 0 Å². The van der Waals surface area contributed by atoms with Gasteiger partial charge in [0.15, 0.2) is 0 Å². The quantitative estimate of drug-likeness (QED) is 0.679. The molecule has 112 valence electrons. The third-order valence-corrected chi connectivity index (χ3v) is 5.46. The van der Waals surface area contributed by atoms with E-state index in [-0.39, 0.29) is 0 Å². The number of hydrogen-bond donors (Lipinski definition) is 1. The zero-order chi connectivity index (χ0) is 15.2. The molecule has 2 rings (SSSR count). The number of benzene rings is 2. The number of halogens is 1. The lowest BCUT2D eigenvalue weighted by molar-refractivity contribution is 0.605. The second-order valence-corrected chi connectivity index (χ2v) is 7.19. The van der Waals surface area contributed by atoms with Crippen LogP contribution in [0.4, 0.5) is 0 Å². The summed E-state index contributed by atoms with van der Waals surface area (Å²) in [6.45, 7) is 7.48. The van der Waals surface area contributed by atoms with Crippen molar-refractivity contribution in [3.8, 4) is 0 Å². The van der Waals surface area contributed by atoms with E-state index in [1.807, 2.05) is 11.8 Å². The summed E-state index contributed by atoms with van der Waals surface area (Å²) in [5.74, 6) is 1.03. The van der Waals surface area contributed by atoms with Crippen LogP contribution in [0.3, 0.4) is 0 Å². The van der Waals surface area contributed by atoms with E-state index in [9.17, 15) is 0 Å². The van der Waals surface area contributed by atoms with Crippen molar-refractivity contribution < 1.29 is 0 Å². The van der Waals surface area contributed by atoms with Gasteiger partial charge in [-0.3, -0.25) is 0 Å². The fourth-order valence-corrected chi connectivity index (χ4v) is 4.13. The van der Waals surface area contributed by atoms with Crippen LogP contribution >= 0.6 is 27.7 Å². The Balaban J connectivity index is 2.14. The van der Waals surface area contributed by atoms with Crippen LogP contribution in [0, 0.1) is 13.8 Å². The van der Waals surface area contributed by atoms with E-state index in [0.717, 1.165) is 12.3 Å². The Morgan fingerprint density at radius 2 is 1.76 bits per heavy atom. The van der Waals surface area contributed by atoms with Gasteiger partial charge in [0.1, 0.15) is 0 Å². The summed E-state index contributed by atoms with van der Waals surface area (Å²) < 4.78 is 1.17. The maximum atomic E-state index is 3.62. The van der Waals surface area contributed by atoms with Crippen molar-refractivity contribution in [2.75, 3.05) is 12.3 Å². The van der Waals surface area contributed by atoms with E-state index in [2.05, 4.69) is 84.5 Å². The van der Waals surface area contributed by atoms with Gasteiger partial charge in [0.2, 0.25) is 0 Å². The third kappa shape index (κ3) is 4.87. The first-order valence-corrected chi connectivity index (χ1v) is 9.07. The van der Waals surface area contributed by atoms with E-state index >= 15 is 0 Å². The van der Waals surface area contributed by atoms with Crippen molar-refractivity contribution in [2.24, 2.45) is 0 Å². The van der Waals surface area contributed by atoms with Crippen LogP contribution in [0.1, 0.15) is 29.7 Å². The minimum Gasteiger partial charge on any atom is -0.309 e. The minimum atomic E-state index is 0.380. The summed E-state index contributed by atoms with van der Waals surface area (Å²) in [4.78, 5) is 1.30. The predicted molar refractivity (Wildman–Crippen MR) is 97.2 cm³/mol. The van der Waals surface area contributed by atoms with E-state index in [1.165, 1.54) is 26.1 Å². The Hall–Kier alpha value is -0.770. The van der Waals surface area contributed by atoms with Gasteiger partial charge in [0, 0.05) is 21.2 Å². The van der Waals surface area contributed by atoms with Gasteiger partial charge < -0.3 is 5.32 Å². The zero-order valence-corrected chi connectivity index (χ0v) is 15.2. The smallest absolute Gasteiger partial charge is 0.0415 e. The molecule has 0 saturated carbocycles. The highest BCUT2D eigenvalue weighted by molar-refractivity contribution is 9.10. The number of hydrogen-bond acceptors (Lipinski definition) is 2. The van der Waals surface area contributed by atoms with Crippen LogP contribution in [0.5, 0.6) is 0 Å². The summed E-state index contributed by atoms with van der Waals surface area (Å²) in [6, 6.07) is 15.6. The lowest BCUT2D eigenvalue weighted by Crippen LogP contribution is -2.23. The highest BCUT2D eigenvalue weighted by Gasteiger charge is 2.12. The molecule has 0 heterocycles. The first-order valence-electron chi connectivity index (χ1n) is 7.29. The first-order chi connectivity index (χ1) is 10.1. The van der Waals surface area contributed by atoms with Crippen molar-refractivity contribution in [2.45, 2.75) is 31.7 Å². The molecule has 0 bridgehead atoms. The molecule has 0 aliphatic carbocycles. The van der Waals surface area contributed by atoms with Gasteiger partial charge in [-0.1, -0.05) is 48.4 Å². The zero-order valence-electron chi connectivity index (χ0n) is 12.8. The summed E-state index contributed by atoms with van der Waals surface area (Å²) in [5.41, 5.74) is 4.05. The molecule has 21 heavy (non-hydrogen) atoms. The van der Waals surface area contributed by atoms with Crippen molar-refractivity contribution in [1.29, 1.82) is 0 Å². The van der Waals surface area contributed by atoms with Gasteiger partial charge in [-0.15, -0.1) is 11.8 Å². The topological polar surface area (TPSA) is 12.0 Å². The molecule has 0 spiro atoms. The molecular weight excluding hydrogens is 342 g/mol. The van der Waals surface area contributed by atoms with E-state index < -0.39 is 0 Å². The molecule has 0 aliphatic heterocycles. The van der Waals surface area contributed by atoms with Gasteiger partial charge in [-0.05, 0) is 54.0 Å². The highest BCUT2D eigenvalue weighted by atomic mass is 79.9. The molecule has 0 amide bonds. The molecule has 3 heteroatoms. The Morgan fingerprint density at radius 1 is 1.10 bits per heavy atom. The summed E-state index contributed by atoms with van der Waals surface area (Å²) in [6.07, 6.45) is 0. The molecule has 0 fully saturated rings. The molecule has 1 N–H and O–H groups in total. The SMILES string of the molecule is CCNC(CSc1ccccc1Br)c1cc(C)cc(C)c1. The number of rotatable bonds is 6. The molecule has 0 radical (unpaired) electrons. The Morgan fingerprint density at radius 3 is 2.38 bits per heavy atom. The van der Waals surface area contributed by atoms with E-state index in [0.29, 0.717) is 6.04 Å². The van der Waals surface area contributed by atoms with Crippen LogP contribution in [-0.4, -0.2) is 12.3 Å². The third-order valence-electron chi connectivity index (χ3n) is 3.34. The molecule has 1 unspecified atom stereocenters. The second-order valence-electron chi connectivity index (χ2n) is 5.27. The molecular formula is C18H22BrNS. The molecule has 2 aromatic rings. The largest absolute Gasteiger partial charge is 0.309 e. The number of thioether (sulfide) groups is 1. The van der Waals surface area contributed by atoms with Crippen LogP contribution in [0.25, 0.3) is 0 Å². The molecule has 0 aliphatic rings. The Bertz CT molecular complexity index is 577. The Kier molecular flexibility index (Phi) is 6.34. The average Bonchev–Trinajstić information content (AvgIpc) is 2.44. The van der Waals surface area contributed by atoms with Crippen LogP contribution in [0.2, 0.25) is 0 Å². The summed E-state index contributed by atoms with van der Waals surface area (Å²) in [5, 5.41) is 3.61. The van der Waals surface area contributed by atoms with Crippen LogP contribution < -0.4 is 5.32 Å². The summed E-state index contributed by atoms with van der Waals surface area (Å²) in [7, 11) is 0. The predicted octanol–water partition coefficient (Wildman–Crippen LogP) is 5.51. The second kappa shape index (κ2) is 8.02. The Labute approximate surface area is 140 Å². The number of aryl methyl sites for hydroxylation is 2. The van der Waals surface area contributed by atoms with Crippen molar-refractivity contribution in [3.63, 3.8) is 0 Å². The molecule has 0 saturated heterocycles. The fourth-order valence-electron chi connectivity index (χ4n) is 2.47. The molecule has 0 aromatic heterocycles. The van der Waals surface area contributed by atoms with Gasteiger partial charge in [0.25, 0.3) is 0 Å². The van der Waals surface area contributed by atoms with Crippen molar-refractivity contribution in [1.82, 2.24) is 5.32 Å². The lowest BCUT2D eigenvalue weighted by atomic mass is 10.0. The minimum absolute atomic E-state index is 0.380. The maximum absolute atomic E-state index is 3.62. The molecule has 1 atom stereocenters. The van der Waals surface area contributed by atoms with E-state index in [4.69, 9.17) is 0 Å².